The number of amides is 1. The minimum absolute atomic E-state index is 0.0163. The smallest absolute Gasteiger partial charge is 0.309 e. The summed E-state index contributed by atoms with van der Waals surface area (Å²) in [5.41, 5.74) is 5.20. The molecule has 5 rings (SSSR count). The van der Waals surface area contributed by atoms with E-state index in [2.05, 4.69) is 31.3 Å². The lowest BCUT2D eigenvalue weighted by Gasteiger charge is -2.27. The van der Waals surface area contributed by atoms with Crippen LogP contribution in [0.2, 0.25) is 0 Å². The van der Waals surface area contributed by atoms with E-state index in [1.165, 1.54) is 6.07 Å². The Hall–Kier alpha value is -4.19. The fourth-order valence-electron chi connectivity index (χ4n) is 6.58. The number of rotatable bonds is 15. The predicted molar refractivity (Wildman–Crippen MR) is 174 cm³/mol. The molecule has 11 heteroatoms. The van der Waals surface area contributed by atoms with Crippen LogP contribution in [0.25, 0.3) is 0 Å². The van der Waals surface area contributed by atoms with Gasteiger partial charge in [0.25, 0.3) is 0 Å². The Bertz CT molecular complexity index is 1540. The molecule has 3 aromatic rings. The van der Waals surface area contributed by atoms with Crippen molar-refractivity contribution in [3.8, 4) is 17.2 Å². The average molecular weight is 651 g/mol. The van der Waals surface area contributed by atoms with E-state index >= 15 is 4.39 Å². The van der Waals surface area contributed by atoms with Crippen LogP contribution >= 0.6 is 0 Å². The summed E-state index contributed by atoms with van der Waals surface area (Å²) in [7, 11) is 1.61. The first-order chi connectivity index (χ1) is 22.7. The van der Waals surface area contributed by atoms with Gasteiger partial charge < -0.3 is 34.1 Å². The fourth-order valence-corrected chi connectivity index (χ4v) is 6.58. The van der Waals surface area contributed by atoms with E-state index < -0.39 is 29.7 Å². The maximum atomic E-state index is 15.0. The third-order valence-corrected chi connectivity index (χ3v) is 8.73. The molecule has 2 aliphatic rings. The van der Waals surface area contributed by atoms with Crippen LogP contribution in [0.3, 0.4) is 0 Å². The Balaban J connectivity index is 1.43. The maximum absolute atomic E-state index is 15.0. The van der Waals surface area contributed by atoms with E-state index in [0.29, 0.717) is 43.3 Å². The Kier molecular flexibility index (Phi) is 11.3. The molecule has 1 amide bonds. The average Bonchev–Trinajstić information content (AvgIpc) is 3.69. The number of methoxy groups -OCH3 is 1. The molecule has 2 heterocycles. The number of aryl methyl sites for hydroxylation is 3. The number of anilines is 1. The molecule has 0 bridgehead atoms. The highest BCUT2D eigenvalue weighted by atomic mass is 19.1. The molecule has 252 valence electrons. The van der Waals surface area contributed by atoms with Gasteiger partial charge in [-0.15, -0.1) is 0 Å². The molecule has 0 radical (unpaired) electrons. The number of nitrogens with zero attached hydrogens (tertiary/aromatic N) is 1. The molecule has 47 heavy (non-hydrogen) atoms. The molecule has 0 aromatic heterocycles. The zero-order chi connectivity index (χ0) is 33.5. The van der Waals surface area contributed by atoms with Crippen LogP contribution in [0.1, 0.15) is 53.6 Å². The molecule has 3 aromatic carbocycles. The minimum atomic E-state index is -1.05. The van der Waals surface area contributed by atoms with Crippen LogP contribution in [-0.2, 0) is 31.9 Å². The number of likely N-dealkylation sites (tertiary alicyclic amines) is 1. The van der Waals surface area contributed by atoms with Crippen molar-refractivity contribution >= 4 is 17.6 Å². The number of carbonyl (C=O) groups is 2. The summed E-state index contributed by atoms with van der Waals surface area (Å²) >= 11 is 0. The molecule has 1 fully saturated rings. The first-order valence-corrected chi connectivity index (χ1v) is 16.0. The Morgan fingerprint density at radius 1 is 0.979 bits per heavy atom. The van der Waals surface area contributed by atoms with Gasteiger partial charge in [0.05, 0.1) is 32.3 Å². The van der Waals surface area contributed by atoms with Gasteiger partial charge >= 0.3 is 5.97 Å². The van der Waals surface area contributed by atoms with Crippen molar-refractivity contribution < 1.29 is 42.8 Å². The summed E-state index contributed by atoms with van der Waals surface area (Å²) in [5.74, 6) is -2.67. The number of aliphatic carboxylic acids is 1. The summed E-state index contributed by atoms with van der Waals surface area (Å²) in [6, 6.07) is 13.6. The summed E-state index contributed by atoms with van der Waals surface area (Å²) < 4.78 is 42.0. The van der Waals surface area contributed by atoms with Crippen molar-refractivity contribution in [2.45, 2.75) is 45.6 Å². The molecule has 2 aliphatic heterocycles. The van der Waals surface area contributed by atoms with Crippen molar-refractivity contribution in [2.24, 2.45) is 5.92 Å². The lowest BCUT2D eigenvalue weighted by Crippen LogP contribution is -2.35. The molecule has 1 saturated heterocycles. The summed E-state index contributed by atoms with van der Waals surface area (Å²) in [5, 5.41) is 13.8. The highest BCUT2D eigenvalue weighted by Crippen LogP contribution is 2.48. The highest BCUT2D eigenvalue weighted by Gasteiger charge is 2.48. The van der Waals surface area contributed by atoms with Gasteiger partial charge in [0, 0.05) is 31.3 Å². The number of carbonyl (C=O) groups excluding carboxylic acids is 1. The van der Waals surface area contributed by atoms with Crippen molar-refractivity contribution in [3.63, 3.8) is 0 Å². The molecular weight excluding hydrogens is 607 g/mol. The van der Waals surface area contributed by atoms with Crippen LogP contribution in [-0.4, -0.2) is 75.3 Å². The zero-order valence-corrected chi connectivity index (χ0v) is 27.3. The van der Waals surface area contributed by atoms with Crippen LogP contribution < -0.4 is 19.5 Å². The van der Waals surface area contributed by atoms with E-state index in [4.69, 9.17) is 23.7 Å². The fraction of sp³-hybridized carbons (Fsp3) is 0.444. The van der Waals surface area contributed by atoms with Gasteiger partial charge in [-0.2, -0.15) is 0 Å². The quantitative estimate of drug-likeness (QED) is 0.206. The monoisotopic (exact) mass is 650 g/mol. The van der Waals surface area contributed by atoms with Crippen LogP contribution in [0.15, 0.2) is 48.5 Å². The third-order valence-electron chi connectivity index (χ3n) is 8.73. The van der Waals surface area contributed by atoms with E-state index in [0.717, 1.165) is 35.2 Å². The second kappa shape index (κ2) is 15.6. The Morgan fingerprint density at radius 3 is 2.34 bits per heavy atom. The summed E-state index contributed by atoms with van der Waals surface area (Å²) in [6.45, 7) is 7.89. The lowest BCUT2D eigenvalue weighted by atomic mass is 9.82. The second-order valence-corrected chi connectivity index (χ2v) is 11.8. The van der Waals surface area contributed by atoms with E-state index in [1.54, 1.807) is 25.3 Å². The van der Waals surface area contributed by atoms with Gasteiger partial charge in [-0.3, -0.25) is 14.5 Å². The third kappa shape index (κ3) is 7.86. The summed E-state index contributed by atoms with van der Waals surface area (Å²) in [6.07, 6.45) is 1.51. The Morgan fingerprint density at radius 2 is 1.68 bits per heavy atom. The number of halogens is 1. The van der Waals surface area contributed by atoms with Gasteiger partial charge in [0.1, 0.15) is 12.4 Å². The van der Waals surface area contributed by atoms with E-state index in [-0.39, 0.29) is 37.3 Å². The number of carboxylic acid groups (broad SMARTS) is 1. The van der Waals surface area contributed by atoms with Crippen molar-refractivity contribution in [2.75, 3.05) is 58.7 Å². The van der Waals surface area contributed by atoms with Gasteiger partial charge in [-0.25, -0.2) is 4.39 Å². The van der Waals surface area contributed by atoms with Crippen molar-refractivity contribution in [1.29, 1.82) is 0 Å². The largest absolute Gasteiger partial charge is 0.491 e. The second-order valence-electron chi connectivity index (χ2n) is 11.8. The minimum Gasteiger partial charge on any atom is -0.491 e. The molecular formula is C36H43FN2O8. The molecule has 10 nitrogen and oxygen atoms in total. The molecule has 2 N–H and O–H groups in total. The molecule has 3 atom stereocenters. The first-order valence-electron chi connectivity index (χ1n) is 16.0. The van der Waals surface area contributed by atoms with Crippen LogP contribution in [0.4, 0.5) is 10.1 Å². The highest BCUT2D eigenvalue weighted by molar-refractivity contribution is 5.94. The SMILES string of the molecule is CCc1cc(C)cc(CC)c1NC(=O)CN1C[C@H](c2cc(F)c3c(c2)OCO3)C(C(=O)O)[C@@H]1c1ccc(OCCOCCOC)cc1. The predicted octanol–water partition coefficient (Wildman–Crippen LogP) is 5.51. The number of hydrogen-bond acceptors (Lipinski definition) is 8. The first kappa shape index (κ1) is 34.2. The number of fused-ring (bicyclic) bond motifs is 1. The van der Waals surface area contributed by atoms with Gasteiger partial charge in [-0.1, -0.05) is 43.7 Å². The molecule has 0 aliphatic carbocycles. The number of benzene rings is 3. The standard InChI is InChI=1S/C36H43FN2O8/c1-5-23-15-22(3)16-24(6-2)33(23)38-31(40)20-39-19-28(26-17-29(37)35-30(18-26)46-21-47-35)32(36(41)42)34(39)25-7-9-27(10-8-25)45-14-13-44-12-11-43-4/h7-10,15-18,28,32,34H,5-6,11-14,19-21H2,1-4H3,(H,38,40)(H,41,42)/t28-,32?,34+/m1/s1. The zero-order valence-electron chi connectivity index (χ0n) is 27.3. The van der Waals surface area contributed by atoms with Gasteiger partial charge in [0.15, 0.2) is 11.6 Å². The van der Waals surface area contributed by atoms with Crippen LogP contribution in [0.5, 0.6) is 17.2 Å². The van der Waals surface area contributed by atoms with Gasteiger partial charge in [0.2, 0.25) is 18.4 Å². The molecule has 1 unspecified atom stereocenters. The maximum Gasteiger partial charge on any atom is 0.309 e. The van der Waals surface area contributed by atoms with Crippen LogP contribution in [0, 0.1) is 18.7 Å². The normalized spacial score (nSPS) is 18.8. The topological polar surface area (TPSA) is 116 Å². The number of ether oxygens (including phenoxy) is 5. The Labute approximate surface area is 274 Å². The number of carboxylic acids is 1. The summed E-state index contributed by atoms with van der Waals surface area (Å²) in [4.78, 5) is 28.6. The number of nitrogens with one attached hydrogen (secondary N) is 1. The van der Waals surface area contributed by atoms with Crippen molar-refractivity contribution in [1.82, 2.24) is 4.90 Å². The lowest BCUT2D eigenvalue weighted by molar-refractivity contribution is -0.143. The number of hydrogen-bond donors (Lipinski definition) is 2. The van der Waals surface area contributed by atoms with Gasteiger partial charge in [-0.05, 0) is 66.3 Å². The van der Waals surface area contributed by atoms with Crippen molar-refractivity contribution in [3.05, 3.63) is 82.2 Å². The molecule has 0 saturated carbocycles. The molecule has 0 spiro atoms. The van der Waals surface area contributed by atoms with E-state index in [9.17, 15) is 14.7 Å². The van der Waals surface area contributed by atoms with E-state index in [1.807, 2.05) is 24.0 Å².